The number of rotatable bonds is 5. The fraction of sp³-hybridized carbons (Fsp3) is 0.250. The molecule has 0 aromatic heterocycles. The van der Waals surface area contributed by atoms with Crippen LogP contribution in [0.1, 0.15) is 19.4 Å². The smallest absolute Gasteiger partial charge is 0.119 e. The summed E-state index contributed by atoms with van der Waals surface area (Å²) in [5.74, 6) is 0.912. The van der Waals surface area contributed by atoms with Crippen molar-refractivity contribution in [1.82, 2.24) is 0 Å². The van der Waals surface area contributed by atoms with Crippen LogP contribution in [0.5, 0.6) is 5.75 Å². The van der Waals surface area contributed by atoms with Gasteiger partial charge in [-0.1, -0.05) is 12.1 Å². The molecule has 3 heteroatoms. The van der Waals surface area contributed by atoms with Crippen LogP contribution in [0, 0.1) is 3.57 Å². The fourth-order valence-electron chi connectivity index (χ4n) is 1.73. The van der Waals surface area contributed by atoms with Gasteiger partial charge >= 0.3 is 0 Å². The molecule has 0 saturated carbocycles. The molecule has 0 aliphatic carbocycles. The molecule has 0 bridgehead atoms. The summed E-state index contributed by atoms with van der Waals surface area (Å²) in [7, 11) is 0. The third-order valence-electron chi connectivity index (χ3n) is 2.64. The van der Waals surface area contributed by atoms with Gasteiger partial charge in [0.1, 0.15) is 5.75 Å². The maximum atomic E-state index is 5.62. The van der Waals surface area contributed by atoms with E-state index < -0.39 is 0 Å². The van der Waals surface area contributed by atoms with Gasteiger partial charge < -0.3 is 10.1 Å². The normalized spacial score (nSPS) is 10.5. The summed E-state index contributed by atoms with van der Waals surface area (Å²) in [5, 5.41) is 3.40. The highest BCUT2D eigenvalue weighted by Gasteiger charge is 1.98. The highest BCUT2D eigenvalue weighted by molar-refractivity contribution is 14.1. The largest absolute Gasteiger partial charge is 0.491 e. The maximum absolute atomic E-state index is 5.62. The third-order valence-corrected chi connectivity index (χ3v) is 3.36. The van der Waals surface area contributed by atoms with Crippen molar-refractivity contribution in [3.63, 3.8) is 0 Å². The molecule has 1 N–H and O–H groups in total. The molecular formula is C16H18INO. The Balaban J connectivity index is 1.91. The monoisotopic (exact) mass is 367 g/mol. The van der Waals surface area contributed by atoms with E-state index in [0.29, 0.717) is 0 Å². The van der Waals surface area contributed by atoms with Gasteiger partial charge in [0, 0.05) is 15.8 Å². The average Bonchev–Trinajstić information content (AvgIpc) is 2.39. The molecule has 0 heterocycles. The molecule has 19 heavy (non-hydrogen) atoms. The minimum Gasteiger partial charge on any atom is -0.491 e. The summed E-state index contributed by atoms with van der Waals surface area (Å²) in [6, 6.07) is 16.6. The first-order chi connectivity index (χ1) is 9.13. The molecule has 0 fully saturated rings. The Morgan fingerprint density at radius 2 is 1.63 bits per heavy atom. The van der Waals surface area contributed by atoms with Crippen LogP contribution in [0.25, 0.3) is 0 Å². The van der Waals surface area contributed by atoms with Gasteiger partial charge in [-0.15, -0.1) is 0 Å². The van der Waals surface area contributed by atoms with E-state index >= 15 is 0 Å². The van der Waals surface area contributed by atoms with Crippen molar-refractivity contribution in [2.24, 2.45) is 0 Å². The van der Waals surface area contributed by atoms with Crippen molar-refractivity contribution >= 4 is 28.3 Å². The van der Waals surface area contributed by atoms with Crippen LogP contribution in [-0.4, -0.2) is 6.10 Å². The third kappa shape index (κ3) is 4.74. The second-order valence-corrected chi connectivity index (χ2v) is 5.92. The minimum atomic E-state index is 0.214. The molecule has 100 valence electrons. The van der Waals surface area contributed by atoms with Crippen LogP contribution in [0.2, 0.25) is 0 Å². The van der Waals surface area contributed by atoms with Crippen LogP contribution in [0.4, 0.5) is 5.69 Å². The predicted molar refractivity (Wildman–Crippen MR) is 88.7 cm³/mol. The van der Waals surface area contributed by atoms with Gasteiger partial charge in [-0.25, -0.2) is 0 Å². The summed E-state index contributed by atoms with van der Waals surface area (Å²) in [6.45, 7) is 4.90. The molecule has 2 rings (SSSR count). The number of benzene rings is 2. The standard InChI is InChI=1S/C16H18INO/c1-12(2)19-16-9-7-15(8-10-16)18-11-13-3-5-14(17)6-4-13/h3-10,12,18H,11H2,1-2H3. The molecule has 0 radical (unpaired) electrons. The summed E-state index contributed by atoms with van der Waals surface area (Å²) < 4.78 is 6.88. The van der Waals surface area contributed by atoms with Gasteiger partial charge in [-0.2, -0.15) is 0 Å². The zero-order chi connectivity index (χ0) is 13.7. The molecule has 2 aromatic carbocycles. The van der Waals surface area contributed by atoms with E-state index in [1.807, 2.05) is 38.1 Å². The van der Waals surface area contributed by atoms with Gasteiger partial charge in [0.15, 0.2) is 0 Å². The average molecular weight is 367 g/mol. The Kier molecular flexibility index (Phi) is 5.07. The summed E-state index contributed by atoms with van der Waals surface area (Å²) >= 11 is 2.32. The van der Waals surface area contributed by atoms with Crippen molar-refractivity contribution in [3.05, 3.63) is 57.7 Å². The topological polar surface area (TPSA) is 21.3 Å². The lowest BCUT2D eigenvalue weighted by Crippen LogP contribution is -2.05. The Labute approximate surface area is 128 Å². The van der Waals surface area contributed by atoms with Gasteiger partial charge in [-0.3, -0.25) is 0 Å². The van der Waals surface area contributed by atoms with Crippen molar-refractivity contribution in [1.29, 1.82) is 0 Å². The van der Waals surface area contributed by atoms with Gasteiger partial charge in [0.25, 0.3) is 0 Å². The van der Waals surface area contributed by atoms with E-state index in [2.05, 4.69) is 52.2 Å². The van der Waals surface area contributed by atoms with E-state index in [9.17, 15) is 0 Å². The molecule has 0 aliphatic heterocycles. The zero-order valence-electron chi connectivity index (χ0n) is 11.2. The Bertz CT molecular complexity index is 505. The zero-order valence-corrected chi connectivity index (χ0v) is 13.3. The Morgan fingerprint density at radius 3 is 2.21 bits per heavy atom. The quantitative estimate of drug-likeness (QED) is 0.775. The van der Waals surface area contributed by atoms with E-state index in [-0.39, 0.29) is 6.10 Å². The maximum Gasteiger partial charge on any atom is 0.119 e. The molecular weight excluding hydrogens is 349 g/mol. The van der Waals surface area contributed by atoms with Crippen molar-refractivity contribution in [3.8, 4) is 5.75 Å². The molecule has 0 spiro atoms. The lowest BCUT2D eigenvalue weighted by atomic mass is 10.2. The molecule has 0 amide bonds. The minimum absolute atomic E-state index is 0.214. The summed E-state index contributed by atoms with van der Waals surface area (Å²) in [4.78, 5) is 0. The lowest BCUT2D eigenvalue weighted by molar-refractivity contribution is 0.242. The van der Waals surface area contributed by atoms with E-state index in [0.717, 1.165) is 18.0 Å². The highest BCUT2D eigenvalue weighted by atomic mass is 127. The SMILES string of the molecule is CC(C)Oc1ccc(NCc2ccc(I)cc2)cc1. The Hall–Kier alpha value is -1.23. The van der Waals surface area contributed by atoms with Crippen LogP contribution in [0.15, 0.2) is 48.5 Å². The molecule has 2 nitrogen and oxygen atoms in total. The van der Waals surface area contributed by atoms with Crippen molar-refractivity contribution < 1.29 is 4.74 Å². The number of anilines is 1. The highest BCUT2D eigenvalue weighted by Crippen LogP contribution is 2.17. The summed E-state index contributed by atoms with van der Waals surface area (Å²) in [6.07, 6.45) is 0.214. The van der Waals surface area contributed by atoms with Crippen LogP contribution in [0.3, 0.4) is 0 Å². The first-order valence-corrected chi connectivity index (χ1v) is 7.46. The van der Waals surface area contributed by atoms with Crippen molar-refractivity contribution in [2.75, 3.05) is 5.32 Å². The number of hydrogen-bond donors (Lipinski definition) is 1. The first-order valence-electron chi connectivity index (χ1n) is 6.38. The molecule has 0 unspecified atom stereocenters. The predicted octanol–water partition coefficient (Wildman–Crippen LogP) is 4.69. The van der Waals surface area contributed by atoms with Crippen molar-refractivity contribution in [2.45, 2.75) is 26.5 Å². The number of hydrogen-bond acceptors (Lipinski definition) is 2. The first kappa shape index (κ1) is 14.2. The summed E-state index contributed by atoms with van der Waals surface area (Å²) in [5.41, 5.74) is 2.39. The second kappa shape index (κ2) is 6.80. The molecule has 0 atom stereocenters. The molecule has 0 saturated heterocycles. The number of nitrogens with one attached hydrogen (secondary N) is 1. The lowest BCUT2D eigenvalue weighted by Gasteiger charge is -2.11. The molecule has 0 aliphatic rings. The van der Waals surface area contributed by atoms with Gasteiger partial charge in [-0.05, 0) is 78.4 Å². The molecule has 2 aromatic rings. The van der Waals surface area contributed by atoms with Crippen LogP contribution < -0.4 is 10.1 Å². The van der Waals surface area contributed by atoms with Gasteiger partial charge in [0.2, 0.25) is 0 Å². The van der Waals surface area contributed by atoms with Gasteiger partial charge in [0.05, 0.1) is 6.10 Å². The van der Waals surface area contributed by atoms with E-state index in [1.165, 1.54) is 9.13 Å². The Morgan fingerprint density at radius 1 is 1.00 bits per heavy atom. The fourth-order valence-corrected chi connectivity index (χ4v) is 2.09. The second-order valence-electron chi connectivity index (χ2n) is 4.67. The van der Waals surface area contributed by atoms with Crippen LogP contribution in [-0.2, 0) is 6.54 Å². The number of halogens is 1. The van der Waals surface area contributed by atoms with E-state index in [4.69, 9.17) is 4.74 Å². The van der Waals surface area contributed by atoms with E-state index in [1.54, 1.807) is 0 Å². The number of ether oxygens (including phenoxy) is 1. The van der Waals surface area contributed by atoms with Crippen LogP contribution >= 0.6 is 22.6 Å².